The van der Waals surface area contributed by atoms with E-state index in [1.54, 1.807) is 18.2 Å². The average molecular weight is 389 g/mol. The number of aryl methyl sites for hydroxylation is 1. The lowest BCUT2D eigenvalue weighted by Crippen LogP contribution is -2.32. The van der Waals surface area contributed by atoms with Crippen LogP contribution < -0.4 is 10.6 Å². The van der Waals surface area contributed by atoms with Crippen LogP contribution in [-0.2, 0) is 14.3 Å². The minimum Gasteiger partial charge on any atom is -0.452 e. The van der Waals surface area contributed by atoms with Crippen molar-refractivity contribution >= 4 is 40.7 Å². The number of non-ortho nitro benzene ring substituents is 1. The average Bonchev–Trinajstić information content (AvgIpc) is 3.07. The zero-order valence-electron chi connectivity index (χ0n) is 14.6. The third-order valence-corrected chi connectivity index (χ3v) is 4.46. The van der Waals surface area contributed by atoms with Gasteiger partial charge in [-0.25, -0.2) is 4.79 Å². The van der Waals surface area contributed by atoms with Crippen LogP contribution in [-0.4, -0.2) is 36.5 Å². The first-order chi connectivity index (χ1) is 13.0. The molecular formula is C18H19N3O5S. The second-order valence-corrected chi connectivity index (χ2v) is 6.44. The van der Waals surface area contributed by atoms with Gasteiger partial charge in [0, 0.05) is 41.9 Å². The van der Waals surface area contributed by atoms with E-state index in [0.717, 1.165) is 10.4 Å². The van der Waals surface area contributed by atoms with Gasteiger partial charge in [-0.05, 0) is 42.1 Å². The summed E-state index contributed by atoms with van der Waals surface area (Å²) >= 11 is 1.52. The van der Waals surface area contributed by atoms with Gasteiger partial charge in [-0.2, -0.15) is 0 Å². The number of esters is 1. The Morgan fingerprint density at radius 3 is 2.59 bits per heavy atom. The number of nitro groups is 1. The van der Waals surface area contributed by atoms with Crippen LogP contribution in [0.2, 0.25) is 0 Å². The Labute approximate surface area is 160 Å². The molecule has 0 aliphatic rings. The lowest BCUT2D eigenvalue weighted by molar-refractivity contribution is -0.384. The number of carbonyl (C=O) groups is 2. The number of rotatable bonds is 9. The van der Waals surface area contributed by atoms with Crippen molar-refractivity contribution in [3.63, 3.8) is 0 Å². The van der Waals surface area contributed by atoms with Gasteiger partial charge in [0.05, 0.1) is 4.92 Å². The molecule has 0 saturated heterocycles. The van der Waals surface area contributed by atoms with Crippen LogP contribution in [0.4, 0.5) is 11.4 Å². The highest BCUT2D eigenvalue weighted by atomic mass is 32.1. The Balaban J connectivity index is 1.61. The van der Waals surface area contributed by atoms with Crippen molar-refractivity contribution in [2.75, 3.05) is 25.0 Å². The lowest BCUT2D eigenvalue weighted by Gasteiger charge is -2.08. The van der Waals surface area contributed by atoms with E-state index in [-0.39, 0.29) is 12.3 Å². The van der Waals surface area contributed by atoms with Crippen LogP contribution in [0.15, 0.2) is 41.8 Å². The highest BCUT2D eigenvalue weighted by molar-refractivity contribution is 7.11. The number of nitrogens with zero attached hydrogens (tertiary/aromatic N) is 1. The number of hydrogen-bond donors (Lipinski definition) is 2. The first-order valence-corrected chi connectivity index (χ1v) is 8.97. The van der Waals surface area contributed by atoms with E-state index < -0.39 is 16.8 Å². The summed E-state index contributed by atoms with van der Waals surface area (Å²) in [7, 11) is 0. The molecule has 8 nitrogen and oxygen atoms in total. The molecule has 2 N–H and O–H groups in total. The molecule has 1 aromatic carbocycles. The number of thiophene rings is 1. The molecule has 142 valence electrons. The molecule has 9 heteroatoms. The largest absolute Gasteiger partial charge is 0.452 e. The van der Waals surface area contributed by atoms with Crippen molar-refractivity contribution in [3.05, 3.63) is 62.3 Å². The topological polar surface area (TPSA) is 111 Å². The van der Waals surface area contributed by atoms with Crippen LogP contribution in [0.1, 0.15) is 10.4 Å². The van der Waals surface area contributed by atoms with Gasteiger partial charge in [-0.1, -0.05) is 0 Å². The van der Waals surface area contributed by atoms with Crippen LogP contribution in [0, 0.1) is 17.0 Å². The Hall–Kier alpha value is -3.20. The molecule has 0 saturated carbocycles. The summed E-state index contributed by atoms with van der Waals surface area (Å²) in [5.74, 6) is -0.989. The maximum atomic E-state index is 11.7. The predicted octanol–water partition coefficient (Wildman–Crippen LogP) is 2.75. The highest BCUT2D eigenvalue weighted by Gasteiger charge is 2.06. The molecule has 1 amide bonds. The third kappa shape index (κ3) is 6.90. The second-order valence-electron chi connectivity index (χ2n) is 5.49. The van der Waals surface area contributed by atoms with Crippen molar-refractivity contribution in [1.29, 1.82) is 0 Å². The summed E-state index contributed by atoms with van der Waals surface area (Å²) in [5, 5.41) is 18.1. The van der Waals surface area contributed by atoms with Gasteiger partial charge in [0.15, 0.2) is 6.61 Å². The molecule has 0 spiro atoms. The fourth-order valence-electron chi connectivity index (χ4n) is 2.04. The van der Waals surface area contributed by atoms with Gasteiger partial charge in [0.25, 0.3) is 11.6 Å². The van der Waals surface area contributed by atoms with E-state index >= 15 is 0 Å². The number of carbonyl (C=O) groups excluding carboxylic acids is 2. The highest BCUT2D eigenvalue weighted by Crippen LogP contribution is 2.17. The van der Waals surface area contributed by atoms with Gasteiger partial charge in [-0.3, -0.25) is 14.9 Å². The van der Waals surface area contributed by atoms with Crippen molar-refractivity contribution in [2.45, 2.75) is 6.92 Å². The number of benzene rings is 1. The molecule has 2 rings (SSSR count). The maximum Gasteiger partial charge on any atom is 0.331 e. The smallest absolute Gasteiger partial charge is 0.331 e. The normalized spacial score (nSPS) is 10.6. The van der Waals surface area contributed by atoms with Crippen LogP contribution in [0.3, 0.4) is 0 Å². The molecule has 27 heavy (non-hydrogen) atoms. The molecule has 0 atom stereocenters. The predicted molar refractivity (Wildman–Crippen MR) is 104 cm³/mol. The molecule has 0 aliphatic carbocycles. The van der Waals surface area contributed by atoms with E-state index in [1.165, 1.54) is 29.5 Å². The van der Waals surface area contributed by atoms with Crippen LogP contribution in [0.5, 0.6) is 0 Å². The monoisotopic (exact) mass is 389 g/mol. The number of amides is 1. The van der Waals surface area contributed by atoms with Gasteiger partial charge in [0.2, 0.25) is 0 Å². The Kier molecular flexibility index (Phi) is 7.50. The van der Waals surface area contributed by atoms with Gasteiger partial charge < -0.3 is 15.4 Å². The summed E-state index contributed by atoms with van der Waals surface area (Å²) in [6.45, 7) is 2.33. The van der Waals surface area contributed by atoms with E-state index in [4.69, 9.17) is 4.74 Å². The molecule has 0 bridgehead atoms. The van der Waals surface area contributed by atoms with Crippen molar-refractivity contribution < 1.29 is 19.2 Å². The van der Waals surface area contributed by atoms with E-state index in [1.807, 2.05) is 18.4 Å². The zero-order valence-corrected chi connectivity index (χ0v) is 15.5. The summed E-state index contributed by atoms with van der Waals surface area (Å²) in [4.78, 5) is 34.3. The Morgan fingerprint density at radius 1 is 1.22 bits per heavy atom. The molecule has 0 unspecified atom stereocenters. The van der Waals surface area contributed by atoms with E-state index in [9.17, 15) is 19.7 Å². The fraction of sp³-hybridized carbons (Fsp3) is 0.222. The van der Waals surface area contributed by atoms with Gasteiger partial charge in [-0.15, -0.1) is 11.3 Å². The molecule has 2 aromatic rings. The number of ether oxygens (including phenoxy) is 1. The van der Waals surface area contributed by atoms with E-state index in [2.05, 4.69) is 10.6 Å². The lowest BCUT2D eigenvalue weighted by atomic mass is 10.3. The maximum absolute atomic E-state index is 11.7. The molecule has 1 heterocycles. The van der Waals surface area contributed by atoms with E-state index in [0.29, 0.717) is 18.8 Å². The van der Waals surface area contributed by atoms with Gasteiger partial charge in [0.1, 0.15) is 0 Å². The first-order valence-electron chi connectivity index (χ1n) is 8.09. The summed E-state index contributed by atoms with van der Waals surface area (Å²) < 4.78 is 4.88. The number of hydrogen-bond acceptors (Lipinski definition) is 7. The summed E-state index contributed by atoms with van der Waals surface area (Å²) in [6.07, 6.45) is 2.95. The van der Waals surface area contributed by atoms with Crippen LogP contribution in [0.25, 0.3) is 6.08 Å². The minimum atomic E-state index is -0.582. The fourth-order valence-corrected chi connectivity index (χ4v) is 2.86. The SMILES string of the molecule is Cc1ccsc1/C=C/C(=O)OCC(=O)NCCNc1ccc([N+](=O)[O-])cc1. The molecule has 0 aliphatic heterocycles. The Morgan fingerprint density at radius 2 is 1.96 bits per heavy atom. The summed E-state index contributed by atoms with van der Waals surface area (Å²) in [6, 6.07) is 7.91. The zero-order chi connectivity index (χ0) is 19.6. The molecule has 1 aromatic heterocycles. The standard InChI is InChI=1S/C18H19N3O5S/c1-13-8-11-27-16(13)6-7-18(23)26-12-17(22)20-10-9-19-14-2-4-15(5-3-14)21(24)25/h2-8,11,19H,9-10,12H2,1H3,(H,20,22)/b7-6+. The quantitative estimate of drug-likeness (QED) is 0.224. The third-order valence-electron chi connectivity index (χ3n) is 3.47. The molecule has 0 radical (unpaired) electrons. The van der Waals surface area contributed by atoms with Gasteiger partial charge >= 0.3 is 5.97 Å². The first kappa shape index (κ1) is 20.1. The Bertz CT molecular complexity index is 830. The van der Waals surface area contributed by atoms with Crippen molar-refractivity contribution in [2.24, 2.45) is 0 Å². The number of anilines is 1. The second kappa shape index (κ2) is 10.1. The molecular weight excluding hydrogens is 370 g/mol. The van der Waals surface area contributed by atoms with Crippen molar-refractivity contribution in [3.8, 4) is 0 Å². The number of nitrogens with one attached hydrogen (secondary N) is 2. The number of nitro benzene ring substituents is 1. The minimum absolute atomic E-state index is 0.0129. The van der Waals surface area contributed by atoms with Crippen molar-refractivity contribution in [1.82, 2.24) is 5.32 Å². The van der Waals surface area contributed by atoms with Crippen LogP contribution >= 0.6 is 11.3 Å². The summed E-state index contributed by atoms with van der Waals surface area (Å²) in [5.41, 5.74) is 1.79. The molecule has 0 fully saturated rings.